The van der Waals surface area contributed by atoms with Crippen LogP contribution in [-0.2, 0) is 23.1 Å². The van der Waals surface area contributed by atoms with Gasteiger partial charge in [-0.25, -0.2) is 13.1 Å². The van der Waals surface area contributed by atoms with E-state index in [1.54, 1.807) is 12.1 Å². The highest BCUT2D eigenvalue weighted by Crippen LogP contribution is 2.15. The molecule has 0 spiro atoms. The van der Waals surface area contributed by atoms with E-state index in [1.165, 1.54) is 5.56 Å². The summed E-state index contributed by atoms with van der Waals surface area (Å²) in [5, 5.41) is 0. The Morgan fingerprint density at radius 2 is 1.68 bits per heavy atom. The zero-order valence-electron chi connectivity index (χ0n) is 14.4. The molecular weight excluding hydrogens is 332 g/mol. The fraction of sp³-hybridized carbons (Fsp3) is 0.200. The molecule has 130 valence electrons. The third-order valence-electron chi connectivity index (χ3n) is 4.35. The van der Waals surface area contributed by atoms with Gasteiger partial charge in [-0.05, 0) is 54.8 Å². The lowest BCUT2D eigenvalue weighted by Crippen LogP contribution is -2.24. The van der Waals surface area contributed by atoms with Crippen molar-refractivity contribution in [3.63, 3.8) is 0 Å². The van der Waals surface area contributed by atoms with E-state index in [0.29, 0.717) is 11.4 Å². The summed E-state index contributed by atoms with van der Waals surface area (Å²) in [6, 6.07) is 19.2. The number of benzene rings is 2. The SMILES string of the molecule is Cc1ccc(S(=O)(=O)NCc2cccn2Cc2ccccc2)cc1C. The van der Waals surface area contributed by atoms with Crippen molar-refractivity contribution in [1.29, 1.82) is 0 Å². The predicted octanol–water partition coefficient (Wildman–Crippen LogP) is 3.63. The number of sulfonamides is 1. The molecule has 5 heteroatoms. The number of nitrogens with zero attached hydrogens (tertiary/aromatic N) is 1. The Balaban J connectivity index is 1.73. The molecule has 0 unspecified atom stereocenters. The minimum atomic E-state index is -3.53. The normalized spacial score (nSPS) is 11.6. The van der Waals surface area contributed by atoms with Crippen molar-refractivity contribution in [3.8, 4) is 0 Å². The van der Waals surface area contributed by atoms with Crippen molar-refractivity contribution >= 4 is 10.0 Å². The summed E-state index contributed by atoms with van der Waals surface area (Å²) in [6.07, 6.45) is 1.96. The van der Waals surface area contributed by atoms with E-state index >= 15 is 0 Å². The van der Waals surface area contributed by atoms with Crippen LogP contribution in [0.1, 0.15) is 22.4 Å². The summed E-state index contributed by atoms with van der Waals surface area (Å²) in [5.74, 6) is 0. The fourth-order valence-corrected chi connectivity index (χ4v) is 3.76. The number of hydrogen-bond donors (Lipinski definition) is 1. The van der Waals surface area contributed by atoms with Crippen LogP contribution in [0.5, 0.6) is 0 Å². The molecule has 25 heavy (non-hydrogen) atoms. The smallest absolute Gasteiger partial charge is 0.240 e. The topological polar surface area (TPSA) is 51.1 Å². The van der Waals surface area contributed by atoms with Crippen molar-refractivity contribution in [2.75, 3.05) is 0 Å². The molecule has 0 aliphatic heterocycles. The van der Waals surface area contributed by atoms with Crippen molar-refractivity contribution in [1.82, 2.24) is 9.29 Å². The van der Waals surface area contributed by atoms with Gasteiger partial charge in [0, 0.05) is 18.4 Å². The lowest BCUT2D eigenvalue weighted by atomic mass is 10.1. The van der Waals surface area contributed by atoms with Gasteiger partial charge in [-0.2, -0.15) is 0 Å². The minimum absolute atomic E-state index is 0.259. The van der Waals surface area contributed by atoms with Gasteiger partial charge in [-0.15, -0.1) is 0 Å². The lowest BCUT2D eigenvalue weighted by molar-refractivity contribution is 0.578. The Morgan fingerprint density at radius 1 is 0.920 bits per heavy atom. The first-order valence-electron chi connectivity index (χ1n) is 8.20. The van der Waals surface area contributed by atoms with Crippen LogP contribution in [0.3, 0.4) is 0 Å². The summed E-state index contributed by atoms with van der Waals surface area (Å²) in [4.78, 5) is 0.303. The highest BCUT2D eigenvalue weighted by molar-refractivity contribution is 7.89. The highest BCUT2D eigenvalue weighted by Gasteiger charge is 2.15. The molecule has 0 atom stereocenters. The Bertz CT molecular complexity index is 960. The van der Waals surface area contributed by atoms with Crippen LogP contribution in [0.2, 0.25) is 0 Å². The average Bonchev–Trinajstić information content (AvgIpc) is 3.03. The monoisotopic (exact) mass is 354 g/mol. The first kappa shape index (κ1) is 17.5. The van der Waals surface area contributed by atoms with Gasteiger partial charge >= 0.3 is 0 Å². The lowest BCUT2D eigenvalue weighted by Gasteiger charge is -2.12. The molecule has 3 rings (SSSR count). The number of hydrogen-bond acceptors (Lipinski definition) is 2. The minimum Gasteiger partial charge on any atom is -0.346 e. The van der Waals surface area contributed by atoms with Crippen molar-refractivity contribution in [2.24, 2.45) is 0 Å². The Kier molecular flexibility index (Phi) is 5.06. The Hall–Kier alpha value is -2.37. The van der Waals surface area contributed by atoms with E-state index in [9.17, 15) is 8.42 Å². The summed E-state index contributed by atoms with van der Waals surface area (Å²) in [5.41, 5.74) is 4.15. The van der Waals surface area contributed by atoms with Crippen LogP contribution in [-0.4, -0.2) is 13.0 Å². The third kappa shape index (κ3) is 4.18. The molecule has 0 amide bonds. The molecule has 0 saturated carbocycles. The second-order valence-corrected chi connectivity index (χ2v) is 7.95. The Morgan fingerprint density at radius 3 is 2.40 bits per heavy atom. The number of nitrogens with one attached hydrogen (secondary N) is 1. The van der Waals surface area contributed by atoms with Crippen LogP contribution in [0.25, 0.3) is 0 Å². The number of aryl methyl sites for hydroxylation is 2. The van der Waals surface area contributed by atoms with Crippen molar-refractivity contribution in [2.45, 2.75) is 31.8 Å². The molecule has 0 aliphatic rings. The molecule has 4 nitrogen and oxygen atoms in total. The average molecular weight is 354 g/mol. The molecule has 2 aromatic carbocycles. The van der Waals surface area contributed by atoms with Crippen LogP contribution < -0.4 is 4.72 Å². The quantitative estimate of drug-likeness (QED) is 0.735. The summed E-state index contributed by atoms with van der Waals surface area (Å²) < 4.78 is 29.8. The van der Waals surface area contributed by atoms with Gasteiger partial charge in [-0.3, -0.25) is 0 Å². The standard InChI is InChI=1S/C20H22N2O2S/c1-16-10-11-20(13-17(16)2)25(23,24)21-14-19-9-6-12-22(19)15-18-7-4-3-5-8-18/h3-13,21H,14-15H2,1-2H3. The van der Waals surface area contributed by atoms with Crippen LogP contribution in [0.4, 0.5) is 0 Å². The van der Waals surface area contributed by atoms with Crippen LogP contribution in [0, 0.1) is 13.8 Å². The largest absolute Gasteiger partial charge is 0.346 e. The number of rotatable bonds is 6. The van der Waals surface area contributed by atoms with E-state index in [4.69, 9.17) is 0 Å². The Labute approximate surface area is 149 Å². The van der Waals surface area contributed by atoms with Crippen molar-refractivity contribution < 1.29 is 8.42 Å². The molecule has 0 aliphatic carbocycles. The van der Waals surface area contributed by atoms with Gasteiger partial charge in [0.2, 0.25) is 10.0 Å². The maximum Gasteiger partial charge on any atom is 0.240 e. The van der Waals surface area contributed by atoms with E-state index in [-0.39, 0.29) is 6.54 Å². The molecular formula is C20H22N2O2S. The van der Waals surface area contributed by atoms with Gasteiger partial charge < -0.3 is 4.57 Å². The summed E-state index contributed by atoms with van der Waals surface area (Å²) >= 11 is 0. The summed E-state index contributed by atoms with van der Waals surface area (Å²) in [7, 11) is -3.53. The van der Waals surface area contributed by atoms with Gasteiger partial charge in [0.15, 0.2) is 0 Å². The third-order valence-corrected chi connectivity index (χ3v) is 5.75. The van der Waals surface area contributed by atoms with Gasteiger partial charge in [0.25, 0.3) is 0 Å². The molecule has 0 bridgehead atoms. The van der Waals surface area contributed by atoms with Gasteiger partial charge in [0.1, 0.15) is 0 Å². The zero-order chi connectivity index (χ0) is 17.9. The van der Waals surface area contributed by atoms with E-state index < -0.39 is 10.0 Å². The van der Waals surface area contributed by atoms with E-state index in [0.717, 1.165) is 16.8 Å². The molecule has 0 fully saturated rings. The first-order chi connectivity index (χ1) is 12.0. The van der Waals surface area contributed by atoms with Crippen LogP contribution >= 0.6 is 0 Å². The second kappa shape index (κ2) is 7.25. The van der Waals surface area contributed by atoms with Crippen molar-refractivity contribution in [3.05, 3.63) is 89.2 Å². The highest BCUT2D eigenvalue weighted by atomic mass is 32.2. The first-order valence-corrected chi connectivity index (χ1v) is 9.69. The molecule has 3 aromatic rings. The van der Waals surface area contributed by atoms with Gasteiger partial charge in [0.05, 0.1) is 11.4 Å². The van der Waals surface area contributed by atoms with E-state index in [2.05, 4.69) is 21.4 Å². The fourth-order valence-electron chi connectivity index (χ4n) is 2.68. The molecule has 0 saturated heterocycles. The van der Waals surface area contributed by atoms with Crippen LogP contribution in [0.15, 0.2) is 71.8 Å². The maximum atomic E-state index is 12.5. The second-order valence-electron chi connectivity index (χ2n) is 6.18. The predicted molar refractivity (Wildman–Crippen MR) is 99.9 cm³/mol. The molecule has 0 radical (unpaired) electrons. The van der Waals surface area contributed by atoms with Gasteiger partial charge in [-0.1, -0.05) is 36.4 Å². The molecule has 1 N–H and O–H groups in total. The number of aromatic nitrogens is 1. The molecule has 1 aromatic heterocycles. The zero-order valence-corrected chi connectivity index (χ0v) is 15.3. The summed E-state index contributed by atoms with van der Waals surface area (Å²) in [6.45, 7) is 4.86. The molecule has 1 heterocycles. The maximum absolute atomic E-state index is 12.5. The van der Waals surface area contributed by atoms with E-state index in [1.807, 2.05) is 56.4 Å².